The molecule has 7 heteroatoms. The third kappa shape index (κ3) is 3.53. The SMILES string of the molecule is O=C(NC1CN2CCC1CC2)c1ccc(=O)n(C2=CN(c3ccccc3)CO2)c1. The van der Waals surface area contributed by atoms with Crippen LogP contribution >= 0.6 is 0 Å². The Labute approximate surface area is 169 Å². The molecule has 1 aromatic carbocycles. The lowest BCUT2D eigenvalue weighted by Gasteiger charge is -2.44. The number of rotatable bonds is 4. The maximum absolute atomic E-state index is 12.8. The quantitative estimate of drug-likeness (QED) is 0.861. The van der Waals surface area contributed by atoms with E-state index in [4.69, 9.17) is 4.74 Å². The predicted molar refractivity (Wildman–Crippen MR) is 110 cm³/mol. The van der Waals surface area contributed by atoms with E-state index in [2.05, 4.69) is 10.2 Å². The number of para-hydroxylation sites is 1. The van der Waals surface area contributed by atoms with Gasteiger partial charge in [-0.25, -0.2) is 0 Å². The van der Waals surface area contributed by atoms with Crippen LogP contribution in [0.4, 0.5) is 5.69 Å². The van der Waals surface area contributed by atoms with Crippen LogP contribution < -0.4 is 15.8 Å². The molecule has 1 atom stereocenters. The number of nitrogens with zero attached hydrogens (tertiary/aromatic N) is 3. The van der Waals surface area contributed by atoms with Crippen LogP contribution in [0.25, 0.3) is 5.88 Å². The van der Waals surface area contributed by atoms with Crippen molar-refractivity contribution in [2.45, 2.75) is 18.9 Å². The summed E-state index contributed by atoms with van der Waals surface area (Å²) in [5.41, 5.74) is 1.21. The van der Waals surface area contributed by atoms with E-state index in [0.29, 0.717) is 24.1 Å². The second kappa shape index (κ2) is 7.40. The van der Waals surface area contributed by atoms with Crippen molar-refractivity contribution in [2.24, 2.45) is 5.92 Å². The lowest BCUT2D eigenvalue weighted by atomic mass is 9.84. The fourth-order valence-electron chi connectivity index (χ4n) is 4.42. The van der Waals surface area contributed by atoms with E-state index in [1.807, 2.05) is 35.2 Å². The number of aromatic nitrogens is 1. The van der Waals surface area contributed by atoms with Crippen LogP contribution in [-0.2, 0) is 4.74 Å². The van der Waals surface area contributed by atoms with Crippen molar-refractivity contribution in [3.63, 3.8) is 0 Å². The van der Waals surface area contributed by atoms with Crippen LogP contribution in [0.3, 0.4) is 0 Å². The zero-order valence-electron chi connectivity index (χ0n) is 16.2. The number of benzene rings is 1. The number of nitrogens with one attached hydrogen (secondary N) is 1. The fraction of sp³-hybridized carbons (Fsp3) is 0.364. The van der Waals surface area contributed by atoms with Crippen molar-refractivity contribution in [2.75, 3.05) is 31.3 Å². The minimum atomic E-state index is -0.231. The van der Waals surface area contributed by atoms with Gasteiger partial charge in [0.2, 0.25) is 5.88 Å². The molecule has 3 fully saturated rings. The van der Waals surface area contributed by atoms with Crippen molar-refractivity contribution < 1.29 is 9.53 Å². The molecule has 1 aromatic heterocycles. The summed E-state index contributed by atoms with van der Waals surface area (Å²) in [6.45, 7) is 3.49. The molecule has 1 unspecified atom stereocenters. The van der Waals surface area contributed by atoms with Gasteiger partial charge in [-0.15, -0.1) is 0 Å². The molecule has 2 bridgehead atoms. The molecule has 1 amide bonds. The van der Waals surface area contributed by atoms with E-state index in [1.165, 1.54) is 10.6 Å². The van der Waals surface area contributed by atoms with Gasteiger partial charge in [0, 0.05) is 30.5 Å². The van der Waals surface area contributed by atoms with Crippen molar-refractivity contribution in [3.05, 3.63) is 70.8 Å². The molecular weight excluding hydrogens is 368 g/mol. The third-order valence-corrected chi connectivity index (χ3v) is 6.09. The van der Waals surface area contributed by atoms with E-state index in [1.54, 1.807) is 18.5 Å². The average molecular weight is 392 g/mol. The first-order valence-corrected chi connectivity index (χ1v) is 10.1. The highest BCUT2D eigenvalue weighted by molar-refractivity contribution is 5.94. The van der Waals surface area contributed by atoms with Crippen LogP contribution in [0.15, 0.2) is 59.7 Å². The van der Waals surface area contributed by atoms with E-state index in [-0.39, 0.29) is 17.5 Å². The van der Waals surface area contributed by atoms with Crippen LogP contribution in [-0.4, -0.2) is 47.8 Å². The number of carbonyl (C=O) groups excluding carboxylic acids is 1. The van der Waals surface area contributed by atoms with Crippen LogP contribution in [0.1, 0.15) is 23.2 Å². The first-order valence-electron chi connectivity index (χ1n) is 10.1. The fourth-order valence-corrected chi connectivity index (χ4v) is 4.42. The summed E-state index contributed by atoms with van der Waals surface area (Å²) in [6.07, 6.45) is 5.63. The first kappa shape index (κ1) is 18.0. The van der Waals surface area contributed by atoms with Gasteiger partial charge in [-0.1, -0.05) is 18.2 Å². The van der Waals surface area contributed by atoms with Crippen LogP contribution in [0.5, 0.6) is 0 Å². The second-order valence-electron chi connectivity index (χ2n) is 7.89. The number of pyridine rings is 1. The predicted octanol–water partition coefficient (Wildman–Crippen LogP) is 1.92. The monoisotopic (exact) mass is 392 g/mol. The minimum Gasteiger partial charge on any atom is -0.456 e. The van der Waals surface area contributed by atoms with Gasteiger partial charge in [0.1, 0.15) is 0 Å². The molecule has 5 heterocycles. The molecule has 2 aromatic rings. The number of ether oxygens (including phenoxy) is 1. The van der Waals surface area contributed by atoms with E-state index >= 15 is 0 Å². The first-order chi connectivity index (χ1) is 14.2. The summed E-state index contributed by atoms with van der Waals surface area (Å²) in [4.78, 5) is 29.6. The smallest absolute Gasteiger partial charge is 0.257 e. The summed E-state index contributed by atoms with van der Waals surface area (Å²) in [5.74, 6) is 0.822. The molecule has 29 heavy (non-hydrogen) atoms. The molecule has 6 rings (SSSR count). The van der Waals surface area contributed by atoms with Gasteiger partial charge in [0.05, 0.1) is 11.8 Å². The average Bonchev–Trinajstić information content (AvgIpc) is 3.25. The molecule has 4 aliphatic rings. The van der Waals surface area contributed by atoms with Crippen LogP contribution in [0, 0.1) is 5.92 Å². The summed E-state index contributed by atoms with van der Waals surface area (Å²) in [7, 11) is 0. The normalized spacial score (nSPS) is 25.4. The third-order valence-electron chi connectivity index (χ3n) is 6.09. The molecule has 7 nitrogen and oxygen atoms in total. The summed E-state index contributed by atoms with van der Waals surface area (Å²) >= 11 is 0. The van der Waals surface area contributed by atoms with Gasteiger partial charge in [-0.3, -0.25) is 14.2 Å². The standard InChI is InChI=1S/C22H24N4O3/c27-20-7-6-17(22(28)23-19-13-24-10-8-16(19)9-11-24)12-26(20)21-14-25(15-29-21)18-4-2-1-3-5-18/h1-7,12,14,16,19H,8-11,13,15H2,(H,23,28). The molecular formula is C22H24N4O3. The summed E-state index contributed by atoms with van der Waals surface area (Å²) in [6, 6.07) is 13.0. The van der Waals surface area contributed by atoms with Gasteiger partial charge < -0.3 is 19.9 Å². The topological polar surface area (TPSA) is 66.8 Å². The molecule has 0 saturated carbocycles. The molecule has 0 spiro atoms. The maximum atomic E-state index is 12.8. The minimum absolute atomic E-state index is 0.143. The number of piperidine rings is 3. The highest BCUT2D eigenvalue weighted by Crippen LogP contribution is 2.28. The van der Waals surface area contributed by atoms with Gasteiger partial charge in [-0.2, -0.15) is 0 Å². The maximum Gasteiger partial charge on any atom is 0.257 e. The van der Waals surface area contributed by atoms with E-state index in [0.717, 1.165) is 38.2 Å². The van der Waals surface area contributed by atoms with E-state index < -0.39 is 0 Å². The highest BCUT2D eigenvalue weighted by atomic mass is 16.5. The Balaban J connectivity index is 1.35. The van der Waals surface area contributed by atoms with Crippen molar-refractivity contribution in [1.82, 2.24) is 14.8 Å². The lowest BCUT2D eigenvalue weighted by molar-refractivity contribution is 0.0620. The molecule has 1 N–H and O–H groups in total. The molecule has 0 radical (unpaired) electrons. The Kier molecular flexibility index (Phi) is 4.60. The number of hydrogen-bond acceptors (Lipinski definition) is 5. The zero-order chi connectivity index (χ0) is 19.8. The van der Waals surface area contributed by atoms with Gasteiger partial charge in [0.25, 0.3) is 11.5 Å². The summed E-state index contributed by atoms with van der Waals surface area (Å²) in [5, 5.41) is 3.17. The van der Waals surface area contributed by atoms with Crippen molar-refractivity contribution in [1.29, 1.82) is 0 Å². The van der Waals surface area contributed by atoms with Gasteiger partial charge in [0.15, 0.2) is 6.73 Å². The number of fused-ring (bicyclic) bond motifs is 3. The molecule has 4 aliphatic heterocycles. The Morgan fingerprint density at radius 1 is 1.07 bits per heavy atom. The lowest BCUT2D eigenvalue weighted by Crippen LogP contribution is -2.57. The number of amides is 1. The largest absolute Gasteiger partial charge is 0.456 e. The molecule has 3 saturated heterocycles. The Bertz CT molecular complexity index is 993. The number of anilines is 1. The second-order valence-corrected chi connectivity index (χ2v) is 7.89. The molecule has 150 valence electrons. The van der Waals surface area contributed by atoms with Crippen LogP contribution in [0.2, 0.25) is 0 Å². The van der Waals surface area contributed by atoms with Gasteiger partial charge in [-0.05, 0) is 50.0 Å². The zero-order valence-corrected chi connectivity index (χ0v) is 16.2. The highest BCUT2D eigenvalue weighted by Gasteiger charge is 2.35. The number of carbonyl (C=O) groups is 1. The Morgan fingerprint density at radius 3 is 2.59 bits per heavy atom. The van der Waals surface area contributed by atoms with Crippen molar-refractivity contribution >= 4 is 17.5 Å². The van der Waals surface area contributed by atoms with Gasteiger partial charge >= 0.3 is 0 Å². The summed E-state index contributed by atoms with van der Waals surface area (Å²) < 4.78 is 7.12. The van der Waals surface area contributed by atoms with Crippen molar-refractivity contribution in [3.8, 4) is 0 Å². The molecule has 0 aliphatic carbocycles. The Hall–Kier alpha value is -3.06. The van der Waals surface area contributed by atoms with E-state index in [9.17, 15) is 9.59 Å². The number of hydrogen-bond donors (Lipinski definition) is 1. The Morgan fingerprint density at radius 2 is 1.86 bits per heavy atom.